The molecule has 168 valence electrons. The SMILES string of the molecule is COc1ccc(C(=O)NCc2nnc(SCc3cccc(C)c3)n2C2CCCCC2)cc1. The van der Waals surface area contributed by atoms with Crippen LogP contribution in [0.3, 0.4) is 0 Å². The Morgan fingerprint density at radius 2 is 1.91 bits per heavy atom. The third-order valence-electron chi connectivity index (χ3n) is 5.88. The molecule has 1 N–H and O–H groups in total. The summed E-state index contributed by atoms with van der Waals surface area (Å²) in [7, 11) is 1.61. The summed E-state index contributed by atoms with van der Waals surface area (Å²) in [6.45, 7) is 2.47. The number of benzene rings is 2. The topological polar surface area (TPSA) is 69.0 Å². The van der Waals surface area contributed by atoms with E-state index in [0.717, 1.165) is 35.3 Å². The molecule has 0 aliphatic heterocycles. The van der Waals surface area contributed by atoms with Gasteiger partial charge in [-0.25, -0.2) is 0 Å². The number of ether oxygens (including phenoxy) is 1. The second kappa shape index (κ2) is 10.7. The molecule has 4 rings (SSSR count). The first-order chi connectivity index (χ1) is 15.6. The minimum atomic E-state index is -0.125. The van der Waals surface area contributed by atoms with Gasteiger partial charge >= 0.3 is 0 Å². The van der Waals surface area contributed by atoms with E-state index < -0.39 is 0 Å². The van der Waals surface area contributed by atoms with Crippen LogP contribution in [0.4, 0.5) is 0 Å². The molecule has 1 aromatic heterocycles. The zero-order chi connectivity index (χ0) is 22.3. The highest BCUT2D eigenvalue weighted by molar-refractivity contribution is 7.98. The predicted octanol–water partition coefficient (Wildman–Crippen LogP) is 5.32. The maximum Gasteiger partial charge on any atom is 0.251 e. The Labute approximate surface area is 193 Å². The highest BCUT2D eigenvalue weighted by Gasteiger charge is 2.23. The normalized spacial score (nSPS) is 14.3. The van der Waals surface area contributed by atoms with Crippen molar-refractivity contribution in [3.63, 3.8) is 0 Å². The largest absolute Gasteiger partial charge is 0.497 e. The van der Waals surface area contributed by atoms with Gasteiger partial charge in [0.1, 0.15) is 5.75 Å². The molecule has 1 saturated carbocycles. The Bertz CT molecular complexity index is 1040. The van der Waals surface area contributed by atoms with Gasteiger partial charge < -0.3 is 14.6 Å². The van der Waals surface area contributed by atoms with Crippen molar-refractivity contribution < 1.29 is 9.53 Å². The summed E-state index contributed by atoms with van der Waals surface area (Å²) in [5.41, 5.74) is 3.14. The fourth-order valence-corrected chi connectivity index (χ4v) is 5.15. The summed E-state index contributed by atoms with van der Waals surface area (Å²) in [5.74, 6) is 2.28. The summed E-state index contributed by atoms with van der Waals surface area (Å²) in [6, 6.07) is 16.1. The van der Waals surface area contributed by atoms with Gasteiger partial charge in [0.05, 0.1) is 13.7 Å². The first-order valence-corrected chi connectivity index (χ1v) is 12.2. The van der Waals surface area contributed by atoms with Crippen LogP contribution in [-0.2, 0) is 12.3 Å². The number of nitrogens with zero attached hydrogens (tertiary/aromatic N) is 3. The van der Waals surface area contributed by atoms with Gasteiger partial charge in [-0.3, -0.25) is 4.79 Å². The summed E-state index contributed by atoms with van der Waals surface area (Å²) in [5, 5.41) is 12.9. The number of amides is 1. The first-order valence-electron chi connectivity index (χ1n) is 11.2. The summed E-state index contributed by atoms with van der Waals surface area (Å²) in [6.07, 6.45) is 6.00. The van der Waals surface area contributed by atoms with Crippen molar-refractivity contribution in [3.05, 3.63) is 71.0 Å². The van der Waals surface area contributed by atoms with Gasteiger partial charge in [0.2, 0.25) is 0 Å². The molecule has 32 heavy (non-hydrogen) atoms. The Hall–Kier alpha value is -2.80. The minimum absolute atomic E-state index is 0.125. The number of carbonyl (C=O) groups excluding carboxylic acids is 1. The molecule has 0 spiro atoms. The zero-order valence-corrected chi connectivity index (χ0v) is 19.5. The van der Waals surface area contributed by atoms with Crippen LogP contribution in [0.1, 0.15) is 65.5 Å². The number of nitrogens with one attached hydrogen (secondary N) is 1. The van der Waals surface area contributed by atoms with Gasteiger partial charge in [-0.2, -0.15) is 0 Å². The molecule has 1 heterocycles. The maximum absolute atomic E-state index is 12.6. The van der Waals surface area contributed by atoms with E-state index in [0.29, 0.717) is 18.2 Å². The Balaban J connectivity index is 1.48. The molecule has 2 aromatic carbocycles. The number of hydrogen-bond donors (Lipinski definition) is 1. The van der Waals surface area contributed by atoms with Gasteiger partial charge in [-0.1, -0.05) is 60.9 Å². The van der Waals surface area contributed by atoms with Gasteiger partial charge in [0, 0.05) is 17.4 Å². The zero-order valence-electron chi connectivity index (χ0n) is 18.7. The van der Waals surface area contributed by atoms with Crippen molar-refractivity contribution in [2.45, 2.75) is 62.5 Å². The van der Waals surface area contributed by atoms with E-state index in [1.807, 2.05) is 0 Å². The molecule has 7 heteroatoms. The van der Waals surface area contributed by atoms with Crippen molar-refractivity contribution in [2.24, 2.45) is 0 Å². The van der Waals surface area contributed by atoms with Crippen LogP contribution in [0.15, 0.2) is 53.7 Å². The van der Waals surface area contributed by atoms with Crippen LogP contribution in [0.25, 0.3) is 0 Å². The summed E-state index contributed by atoms with van der Waals surface area (Å²) < 4.78 is 7.44. The number of aromatic nitrogens is 3. The van der Waals surface area contributed by atoms with E-state index in [-0.39, 0.29) is 5.91 Å². The lowest BCUT2D eigenvalue weighted by atomic mass is 9.95. The Morgan fingerprint density at radius 3 is 2.62 bits per heavy atom. The van der Waals surface area contributed by atoms with E-state index in [1.165, 1.54) is 30.4 Å². The highest BCUT2D eigenvalue weighted by Crippen LogP contribution is 2.33. The van der Waals surface area contributed by atoms with Gasteiger partial charge in [-0.15, -0.1) is 10.2 Å². The van der Waals surface area contributed by atoms with Crippen LogP contribution < -0.4 is 10.1 Å². The second-order valence-electron chi connectivity index (χ2n) is 8.25. The maximum atomic E-state index is 12.6. The Morgan fingerprint density at radius 1 is 1.12 bits per heavy atom. The quantitative estimate of drug-likeness (QED) is 0.470. The van der Waals surface area contributed by atoms with Crippen molar-refractivity contribution in [1.29, 1.82) is 0 Å². The fraction of sp³-hybridized carbons (Fsp3) is 0.400. The predicted molar refractivity (Wildman–Crippen MR) is 127 cm³/mol. The van der Waals surface area contributed by atoms with E-state index in [9.17, 15) is 4.79 Å². The molecule has 0 bridgehead atoms. The smallest absolute Gasteiger partial charge is 0.251 e. The lowest BCUT2D eigenvalue weighted by Crippen LogP contribution is -2.26. The molecule has 1 fully saturated rings. The lowest BCUT2D eigenvalue weighted by molar-refractivity contribution is 0.0949. The third-order valence-corrected chi connectivity index (χ3v) is 6.90. The molecular weight excluding hydrogens is 420 g/mol. The summed E-state index contributed by atoms with van der Waals surface area (Å²) >= 11 is 1.72. The molecule has 0 unspecified atom stereocenters. The minimum Gasteiger partial charge on any atom is -0.497 e. The standard InChI is InChI=1S/C25H30N4O2S/c1-18-7-6-8-19(15-18)17-32-25-28-27-23(29(25)21-9-4-3-5-10-21)16-26-24(30)20-11-13-22(31-2)14-12-20/h6-8,11-15,21H,3-5,9-10,16-17H2,1-2H3,(H,26,30). The van der Waals surface area contributed by atoms with E-state index in [2.05, 4.69) is 51.3 Å². The molecule has 0 radical (unpaired) electrons. The average molecular weight is 451 g/mol. The molecule has 1 aliphatic carbocycles. The number of thioether (sulfide) groups is 1. The van der Waals surface area contributed by atoms with Gasteiger partial charge in [0.25, 0.3) is 5.91 Å². The number of aryl methyl sites for hydroxylation is 1. The fourth-order valence-electron chi connectivity index (χ4n) is 4.19. The second-order valence-corrected chi connectivity index (χ2v) is 9.19. The van der Waals surface area contributed by atoms with E-state index >= 15 is 0 Å². The van der Waals surface area contributed by atoms with E-state index in [4.69, 9.17) is 4.74 Å². The summed E-state index contributed by atoms with van der Waals surface area (Å²) in [4.78, 5) is 12.6. The number of hydrogen-bond acceptors (Lipinski definition) is 5. The molecule has 1 amide bonds. The van der Waals surface area contributed by atoms with Gasteiger partial charge in [0.15, 0.2) is 11.0 Å². The number of methoxy groups -OCH3 is 1. The van der Waals surface area contributed by atoms with Crippen LogP contribution in [0.2, 0.25) is 0 Å². The molecule has 0 atom stereocenters. The third kappa shape index (κ3) is 5.51. The number of carbonyl (C=O) groups is 1. The Kier molecular flexibility index (Phi) is 7.47. The first kappa shape index (κ1) is 22.4. The molecule has 0 saturated heterocycles. The van der Waals surface area contributed by atoms with Crippen molar-refractivity contribution in [2.75, 3.05) is 7.11 Å². The van der Waals surface area contributed by atoms with Crippen molar-refractivity contribution >= 4 is 17.7 Å². The lowest BCUT2D eigenvalue weighted by Gasteiger charge is -2.25. The van der Waals surface area contributed by atoms with E-state index in [1.54, 1.807) is 43.1 Å². The van der Waals surface area contributed by atoms with Crippen LogP contribution in [-0.4, -0.2) is 27.8 Å². The average Bonchev–Trinajstić information content (AvgIpc) is 3.24. The van der Waals surface area contributed by atoms with Crippen molar-refractivity contribution in [1.82, 2.24) is 20.1 Å². The molecule has 3 aromatic rings. The molecule has 1 aliphatic rings. The van der Waals surface area contributed by atoms with Crippen LogP contribution in [0, 0.1) is 6.92 Å². The van der Waals surface area contributed by atoms with Crippen LogP contribution in [0.5, 0.6) is 5.75 Å². The molecular formula is C25H30N4O2S. The number of rotatable bonds is 8. The molecule has 6 nitrogen and oxygen atoms in total. The van der Waals surface area contributed by atoms with Gasteiger partial charge in [-0.05, 0) is 49.6 Å². The van der Waals surface area contributed by atoms with Crippen LogP contribution >= 0.6 is 11.8 Å². The monoisotopic (exact) mass is 450 g/mol. The van der Waals surface area contributed by atoms with Crippen molar-refractivity contribution in [3.8, 4) is 5.75 Å². The highest BCUT2D eigenvalue weighted by atomic mass is 32.2.